The molecule has 1 amide bonds. The number of carbonyl (C=O) groups excluding carboxylic acids is 2. The van der Waals surface area contributed by atoms with E-state index < -0.39 is 23.8 Å². The van der Waals surface area contributed by atoms with Crippen LogP contribution in [-0.2, 0) is 20.7 Å². The lowest BCUT2D eigenvalue weighted by atomic mass is 9.79. The largest absolute Gasteiger partial charge is 0.481 e. The van der Waals surface area contributed by atoms with Crippen molar-refractivity contribution in [2.75, 3.05) is 11.9 Å². The van der Waals surface area contributed by atoms with E-state index in [1.54, 1.807) is 13.0 Å². The van der Waals surface area contributed by atoms with Crippen molar-refractivity contribution >= 4 is 34.2 Å². The Labute approximate surface area is 175 Å². The van der Waals surface area contributed by atoms with Crippen molar-refractivity contribution in [1.29, 1.82) is 0 Å². The van der Waals surface area contributed by atoms with Gasteiger partial charge in [-0.3, -0.25) is 9.59 Å². The number of carboxylic acids is 1. The fourth-order valence-electron chi connectivity index (χ4n) is 5.06. The molecular weight excluding hydrogens is 390 g/mol. The smallest absolute Gasteiger partial charge is 0.341 e. The second kappa shape index (κ2) is 8.69. The average Bonchev–Trinajstić information content (AvgIpc) is 3.33. The lowest BCUT2D eigenvalue weighted by molar-refractivity contribution is -0.148. The van der Waals surface area contributed by atoms with E-state index in [9.17, 15) is 19.5 Å². The maximum atomic E-state index is 13.2. The van der Waals surface area contributed by atoms with Crippen molar-refractivity contribution < 1.29 is 24.2 Å². The van der Waals surface area contributed by atoms with Gasteiger partial charge in [0.2, 0.25) is 5.91 Å². The molecule has 1 aromatic heterocycles. The van der Waals surface area contributed by atoms with Crippen LogP contribution in [0.3, 0.4) is 0 Å². The van der Waals surface area contributed by atoms with Crippen LogP contribution in [0.5, 0.6) is 0 Å². The molecule has 158 valence electrons. The number of anilines is 1. The van der Waals surface area contributed by atoms with Crippen molar-refractivity contribution in [3.8, 4) is 0 Å². The number of aryl methyl sites for hydroxylation is 1. The standard InChI is InChI=1S/C22H29NO5S/c1-5-7-12-10-15(22(27)28-6-2)20(29-12)23-19(24)17-13-8-9-14(16(13)11(3)4)18(17)21(25)26/h10,13-14,17-18H,5-9H2,1-4H3,(H,23,24)(H,25,26). The molecule has 2 aliphatic carbocycles. The number of carboxylic acid groups (broad SMARTS) is 1. The van der Waals surface area contributed by atoms with Crippen LogP contribution in [0, 0.1) is 23.7 Å². The number of hydrogen-bond donors (Lipinski definition) is 2. The Balaban J connectivity index is 1.90. The SMILES string of the molecule is CCCc1cc(C(=O)OCC)c(NC(=O)C2C3CCC(C3=C(C)C)C2C(=O)O)s1. The van der Waals surface area contributed by atoms with Crippen LogP contribution in [0.2, 0.25) is 0 Å². The number of fused-ring (bicyclic) bond motifs is 2. The predicted molar refractivity (Wildman–Crippen MR) is 112 cm³/mol. The van der Waals surface area contributed by atoms with Crippen LogP contribution < -0.4 is 5.32 Å². The number of rotatable bonds is 7. The summed E-state index contributed by atoms with van der Waals surface area (Å²) in [7, 11) is 0. The van der Waals surface area contributed by atoms with Crippen molar-refractivity contribution in [1.82, 2.24) is 0 Å². The molecule has 4 atom stereocenters. The van der Waals surface area contributed by atoms with Gasteiger partial charge in [-0.05, 0) is 57.9 Å². The third-order valence-electron chi connectivity index (χ3n) is 6.02. The molecule has 0 radical (unpaired) electrons. The Kier molecular flexibility index (Phi) is 6.46. The molecule has 1 aromatic rings. The normalized spacial score (nSPS) is 25.2. The second-order valence-corrected chi connectivity index (χ2v) is 9.19. The maximum absolute atomic E-state index is 13.2. The highest BCUT2D eigenvalue weighted by atomic mass is 32.1. The Morgan fingerprint density at radius 1 is 1.17 bits per heavy atom. The average molecular weight is 420 g/mol. The van der Waals surface area contributed by atoms with Crippen molar-refractivity contribution in [3.63, 3.8) is 0 Å². The first-order valence-electron chi connectivity index (χ1n) is 10.3. The van der Waals surface area contributed by atoms with Gasteiger partial charge in [0.25, 0.3) is 0 Å². The molecule has 0 aromatic carbocycles. The van der Waals surface area contributed by atoms with Crippen LogP contribution >= 0.6 is 11.3 Å². The quantitative estimate of drug-likeness (QED) is 0.501. The van der Waals surface area contributed by atoms with Gasteiger partial charge in [-0.15, -0.1) is 11.3 Å². The minimum atomic E-state index is -0.917. The Hall–Kier alpha value is -2.15. The molecule has 7 heteroatoms. The van der Waals surface area contributed by atoms with Crippen molar-refractivity contribution in [2.45, 2.75) is 53.4 Å². The third-order valence-corrected chi connectivity index (χ3v) is 7.13. The number of esters is 1. The number of hydrogen-bond acceptors (Lipinski definition) is 5. The van der Waals surface area contributed by atoms with Crippen LogP contribution in [0.4, 0.5) is 5.00 Å². The molecular formula is C22H29NO5S. The summed E-state index contributed by atoms with van der Waals surface area (Å²) in [6.45, 7) is 8.03. The van der Waals surface area contributed by atoms with Crippen LogP contribution in [0.25, 0.3) is 0 Å². The number of aliphatic carboxylic acids is 1. The first-order valence-corrected chi connectivity index (χ1v) is 11.1. The Bertz CT molecular complexity index is 851. The fraction of sp³-hybridized carbons (Fsp3) is 0.591. The van der Waals surface area contributed by atoms with E-state index >= 15 is 0 Å². The van der Waals surface area contributed by atoms with E-state index in [2.05, 4.69) is 12.2 Å². The summed E-state index contributed by atoms with van der Waals surface area (Å²) in [5.74, 6) is -3.11. The first-order chi connectivity index (χ1) is 13.8. The van der Waals surface area contributed by atoms with Gasteiger partial charge >= 0.3 is 11.9 Å². The molecule has 2 saturated carbocycles. The zero-order chi connectivity index (χ0) is 21.3. The molecule has 4 unspecified atom stereocenters. The topological polar surface area (TPSA) is 92.7 Å². The monoisotopic (exact) mass is 419 g/mol. The maximum Gasteiger partial charge on any atom is 0.341 e. The van der Waals surface area contributed by atoms with Crippen LogP contribution in [-0.4, -0.2) is 29.6 Å². The van der Waals surface area contributed by atoms with Crippen molar-refractivity contribution in [3.05, 3.63) is 27.7 Å². The summed E-state index contributed by atoms with van der Waals surface area (Å²) in [6.07, 6.45) is 3.39. The first kappa shape index (κ1) is 21.6. The van der Waals surface area contributed by atoms with E-state index in [4.69, 9.17) is 4.74 Å². The van der Waals surface area contributed by atoms with Gasteiger partial charge in [0.05, 0.1) is 24.0 Å². The van der Waals surface area contributed by atoms with Gasteiger partial charge in [0.1, 0.15) is 5.00 Å². The van der Waals surface area contributed by atoms with E-state index in [0.29, 0.717) is 10.6 Å². The number of allylic oxidation sites excluding steroid dienone is 2. The summed E-state index contributed by atoms with van der Waals surface area (Å²) >= 11 is 1.37. The lowest BCUT2D eigenvalue weighted by Gasteiger charge is -2.26. The van der Waals surface area contributed by atoms with E-state index in [-0.39, 0.29) is 24.3 Å². The lowest BCUT2D eigenvalue weighted by Crippen LogP contribution is -2.37. The van der Waals surface area contributed by atoms with Gasteiger partial charge in [-0.2, -0.15) is 0 Å². The molecule has 2 bridgehead atoms. The highest BCUT2D eigenvalue weighted by Crippen LogP contribution is 2.57. The minimum Gasteiger partial charge on any atom is -0.481 e. The Morgan fingerprint density at radius 2 is 1.83 bits per heavy atom. The minimum absolute atomic E-state index is 0.0350. The van der Waals surface area contributed by atoms with Gasteiger partial charge in [0.15, 0.2) is 0 Å². The van der Waals surface area contributed by atoms with E-state index in [0.717, 1.165) is 41.7 Å². The summed E-state index contributed by atoms with van der Waals surface area (Å²) in [4.78, 5) is 38.6. The zero-order valence-corrected chi connectivity index (χ0v) is 18.2. The summed E-state index contributed by atoms with van der Waals surface area (Å²) < 4.78 is 5.14. The molecule has 2 N–H and O–H groups in total. The molecule has 0 saturated heterocycles. The van der Waals surface area contributed by atoms with Gasteiger partial charge in [0, 0.05) is 4.88 Å². The predicted octanol–water partition coefficient (Wildman–Crippen LogP) is 4.51. The van der Waals surface area contributed by atoms with Crippen LogP contribution in [0.1, 0.15) is 62.2 Å². The zero-order valence-electron chi connectivity index (χ0n) is 17.4. The molecule has 0 aliphatic heterocycles. The van der Waals surface area contributed by atoms with E-state index in [1.165, 1.54) is 11.3 Å². The summed E-state index contributed by atoms with van der Waals surface area (Å²) in [5.41, 5.74) is 2.61. The molecule has 6 nitrogen and oxygen atoms in total. The fourth-order valence-corrected chi connectivity index (χ4v) is 6.21. The molecule has 29 heavy (non-hydrogen) atoms. The highest BCUT2D eigenvalue weighted by Gasteiger charge is 2.57. The van der Waals surface area contributed by atoms with Crippen molar-refractivity contribution in [2.24, 2.45) is 23.7 Å². The van der Waals surface area contributed by atoms with Gasteiger partial charge in [-0.25, -0.2) is 4.79 Å². The van der Waals surface area contributed by atoms with E-state index in [1.807, 2.05) is 13.8 Å². The highest BCUT2D eigenvalue weighted by molar-refractivity contribution is 7.16. The molecule has 2 aliphatic rings. The summed E-state index contributed by atoms with van der Waals surface area (Å²) in [6, 6.07) is 1.78. The number of nitrogens with one attached hydrogen (secondary N) is 1. The number of ether oxygens (including phenoxy) is 1. The third kappa shape index (κ3) is 3.97. The van der Waals surface area contributed by atoms with Gasteiger partial charge < -0.3 is 15.2 Å². The Morgan fingerprint density at radius 3 is 2.38 bits per heavy atom. The number of thiophene rings is 1. The molecule has 1 heterocycles. The summed E-state index contributed by atoms with van der Waals surface area (Å²) in [5, 5.41) is 13.2. The molecule has 0 spiro atoms. The molecule has 2 fully saturated rings. The van der Waals surface area contributed by atoms with Crippen LogP contribution in [0.15, 0.2) is 17.2 Å². The second-order valence-electron chi connectivity index (χ2n) is 8.05. The molecule has 3 rings (SSSR count). The van der Waals surface area contributed by atoms with Gasteiger partial charge in [-0.1, -0.05) is 24.5 Å². The number of amides is 1. The number of carbonyl (C=O) groups is 3.